The Morgan fingerprint density at radius 1 is 0.397 bits per heavy atom. The summed E-state index contributed by atoms with van der Waals surface area (Å²) in [6, 6.07) is 75.2. The smallest absolute Gasteiger partial charge is 0.150 e. The average Bonchev–Trinajstić information content (AvgIpc) is 3.62. The highest BCUT2D eigenvalue weighted by molar-refractivity contribution is 7.79. The van der Waals surface area contributed by atoms with Gasteiger partial charge in [0, 0.05) is 16.3 Å². The van der Waals surface area contributed by atoms with E-state index in [-0.39, 0.29) is 5.66 Å². The molecule has 0 aliphatic heterocycles. The highest BCUT2D eigenvalue weighted by Crippen LogP contribution is 2.66. The number of hydrogen-bond donors (Lipinski definition) is 0. The molecular formula is C56H41OP. The van der Waals surface area contributed by atoms with E-state index in [9.17, 15) is 0 Å². The van der Waals surface area contributed by atoms with Crippen LogP contribution in [0.2, 0.25) is 0 Å². The van der Waals surface area contributed by atoms with Gasteiger partial charge < -0.3 is 4.57 Å². The zero-order valence-electron chi connectivity index (χ0n) is 32.1. The second-order valence-corrected chi connectivity index (χ2v) is 18.8. The molecule has 0 heterocycles. The number of fused-ring (bicyclic) bond motifs is 5. The van der Waals surface area contributed by atoms with Crippen molar-refractivity contribution in [1.82, 2.24) is 0 Å². The molecule has 0 bridgehead atoms. The number of allylic oxidation sites excluding steroid dienone is 4. The van der Waals surface area contributed by atoms with Crippen molar-refractivity contribution >= 4 is 17.8 Å². The van der Waals surface area contributed by atoms with Crippen molar-refractivity contribution in [3.8, 4) is 22.3 Å². The Hall–Kier alpha value is -6.53. The molecule has 1 nitrogen and oxygen atoms in total. The van der Waals surface area contributed by atoms with E-state index in [0.29, 0.717) is 0 Å². The van der Waals surface area contributed by atoms with E-state index in [1.807, 2.05) is 36.4 Å². The standard InChI is InChI=1S/C56H41OP/c57-58(43-24-9-3-10-25-43,44-26-11-4-12-27-44)45-38-36-40(37-39-45)46-28-13-15-31-49(46)55(41-20-5-1-6-21-41)51-33-17-18-34-52(51)56(42-22-7-2-8-23-42)50-32-16-14-29-47(50)48-30-19-35-53(55)54(48)56/h1-26,28-39,44H,27H2. The second-order valence-electron chi connectivity index (χ2n) is 15.8. The Morgan fingerprint density at radius 3 is 1.52 bits per heavy atom. The first-order valence-electron chi connectivity index (χ1n) is 20.3. The highest BCUT2D eigenvalue weighted by atomic mass is 31.2. The Bertz CT molecular complexity index is 2950. The first-order chi connectivity index (χ1) is 28.7. The van der Waals surface area contributed by atoms with Crippen molar-refractivity contribution in [2.24, 2.45) is 0 Å². The van der Waals surface area contributed by atoms with Gasteiger partial charge in [0.05, 0.1) is 10.8 Å². The van der Waals surface area contributed by atoms with E-state index in [1.165, 1.54) is 55.6 Å². The molecule has 0 fully saturated rings. The molecule has 0 N–H and O–H groups in total. The van der Waals surface area contributed by atoms with Crippen LogP contribution in [0.3, 0.4) is 0 Å². The van der Waals surface area contributed by atoms with Crippen LogP contribution in [0.1, 0.15) is 50.9 Å². The van der Waals surface area contributed by atoms with Crippen molar-refractivity contribution in [2.45, 2.75) is 22.9 Å². The Kier molecular flexibility index (Phi) is 8.11. The van der Waals surface area contributed by atoms with Crippen molar-refractivity contribution < 1.29 is 4.57 Å². The summed E-state index contributed by atoms with van der Waals surface area (Å²) in [5.74, 6) is 0. The maximum atomic E-state index is 15.5. The molecule has 3 aliphatic rings. The molecule has 2 heteroatoms. The van der Waals surface area contributed by atoms with Gasteiger partial charge in [-0.3, -0.25) is 0 Å². The maximum absolute atomic E-state index is 15.5. The summed E-state index contributed by atoms with van der Waals surface area (Å²) in [6.45, 7) is 0. The van der Waals surface area contributed by atoms with E-state index in [1.54, 1.807) is 0 Å². The van der Waals surface area contributed by atoms with Gasteiger partial charge in [-0.2, -0.15) is 0 Å². The molecule has 3 aliphatic carbocycles. The third-order valence-electron chi connectivity index (χ3n) is 13.1. The summed E-state index contributed by atoms with van der Waals surface area (Å²) < 4.78 is 15.5. The fourth-order valence-electron chi connectivity index (χ4n) is 10.8. The number of benzene rings is 8. The number of rotatable bonds is 7. The minimum absolute atomic E-state index is 0.0905. The first-order valence-corrected chi connectivity index (χ1v) is 22.1. The summed E-state index contributed by atoms with van der Waals surface area (Å²) in [5, 5.41) is 1.78. The average molecular weight is 761 g/mol. The van der Waals surface area contributed by atoms with Crippen LogP contribution in [-0.4, -0.2) is 5.66 Å². The van der Waals surface area contributed by atoms with Crippen LogP contribution >= 0.6 is 7.14 Å². The summed E-state index contributed by atoms with van der Waals surface area (Å²) >= 11 is 0. The lowest BCUT2D eigenvalue weighted by atomic mass is 9.51. The molecule has 0 spiro atoms. The second kappa shape index (κ2) is 13.6. The van der Waals surface area contributed by atoms with E-state index >= 15 is 4.57 Å². The quantitative estimate of drug-likeness (QED) is 0.148. The van der Waals surface area contributed by atoms with E-state index in [0.717, 1.165) is 28.2 Å². The lowest BCUT2D eigenvalue weighted by Crippen LogP contribution is -2.44. The molecule has 8 aromatic carbocycles. The van der Waals surface area contributed by atoms with Crippen LogP contribution in [-0.2, 0) is 15.4 Å². The topological polar surface area (TPSA) is 17.1 Å². The SMILES string of the molecule is O=P(c1ccccc1)(c1ccc(-c2ccccc2C2(c3ccccc3)c3ccccc3C3(c4ccccc4)c4ccccc4-c4cccc2c43)cc1)C1C=CC=CC1. The zero-order valence-corrected chi connectivity index (χ0v) is 33.0. The van der Waals surface area contributed by atoms with Crippen LogP contribution in [0.25, 0.3) is 22.3 Å². The number of hydrogen-bond acceptors (Lipinski definition) is 1. The van der Waals surface area contributed by atoms with Crippen LogP contribution in [0, 0.1) is 0 Å². The molecule has 11 rings (SSSR count). The van der Waals surface area contributed by atoms with Crippen LogP contribution < -0.4 is 10.6 Å². The molecule has 0 amide bonds. The predicted octanol–water partition coefficient (Wildman–Crippen LogP) is 12.6. The van der Waals surface area contributed by atoms with Crippen molar-refractivity contribution in [2.75, 3.05) is 0 Å². The lowest BCUT2D eigenvalue weighted by molar-refractivity contribution is 0.582. The monoisotopic (exact) mass is 760 g/mol. The molecule has 4 atom stereocenters. The third kappa shape index (κ3) is 4.75. The summed E-state index contributed by atoms with van der Waals surface area (Å²) in [4.78, 5) is 0. The van der Waals surface area contributed by atoms with Gasteiger partial charge in [0.2, 0.25) is 0 Å². The summed E-state index contributed by atoms with van der Waals surface area (Å²) in [6.07, 6.45) is 9.13. The minimum Gasteiger partial charge on any atom is -0.313 e. The van der Waals surface area contributed by atoms with Gasteiger partial charge in [-0.1, -0.05) is 231 Å². The normalized spacial score (nSPS) is 20.7. The fourth-order valence-corrected chi connectivity index (χ4v) is 13.8. The van der Waals surface area contributed by atoms with Gasteiger partial charge in [0.25, 0.3) is 0 Å². The van der Waals surface area contributed by atoms with Gasteiger partial charge in [-0.15, -0.1) is 0 Å². The Morgan fingerprint density at radius 2 is 0.879 bits per heavy atom. The van der Waals surface area contributed by atoms with Crippen molar-refractivity contribution in [3.05, 3.63) is 275 Å². The highest BCUT2D eigenvalue weighted by Gasteiger charge is 2.57. The third-order valence-corrected chi connectivity index (χ3v) is 16.5. The van der Waals surface area contributed by atoms with E-state index < -0.39 is 18.0 Å². The van der Waals surface area contributed by atoms with Crippen molar-refractivity contribution in [1.29, 1.82) is 0 Å². The van der Waals surface area contributed by atoms with Gasteiger partial charge in [-0.05, 0) is 73.2 Å². The van der Waals surface area contributed by atoms with E-state index in [2.05, 4.69) is 194 Å². The fraction of sp³-hybridized carbons (Fsp3) is 0.0714. The molecule has 0 saturated carbocycles. The van der Waals surface area contributed by atoms with Gasteiger partial charge in [-0.25, -0.2) is 0 Å². The molecule has 58 heavy (non-hydrogen) atoms. The molecule has 4 unspecified atom stereocenters. The molecule has 0 aromatic heterocycles. The molecule has 276 valence electrons. The van der Waals surface area contributed by atoms with Gasteiger partial charge in [0.15, 0.2) is 0 Å². The Balaban J connectivity index is 1.19. The van der Waals surface area contributed by atoms with Crippen LogP contribution in [0.5, 0.6) is 0 Å². The maximum Gasteiger partial charge on any atom is 0.150 e. The van der Waals surface area contributed by atoms with E-state index in [4.69, 9.17) is 0 Å². The van der Waals surface area contributed by atoms with Gasteiger partial charge in [0.1, 0.15) is 7.14 Å². The predicted molar refractivity (Wildman–Crippen MR) is 241 cm³/mol. The zero-order chi connectivity index (χ0) is 38.7. The van der Waals surface area contributed by atoms with Crippen LogP contribution in [0.15, 0.2) is 231 Å². The molecule has 8 aromatic rings. The Labute approximate surface area is 341 Å². The summed E-state index contributed by atoms with van der Waals surface area (Å²) in [7, 11) is -3.01. The lowest BCUT2D eigenvalue weighted by Gasteiger charge is -2.50. The summed E-state index contributed by atoms with van der Waals surface area (Å²) in [5.41, 5.74) is 13.9. The largest absolute Gasteiger partial charge is 0.313 e. The minimum atomic E-state index is -3.01. The molecular weight excluding hydrogens is 720 g/mol. The van der Waals surface area contributed by atoms with Gasteiger partial charge >= 0.3 is 0 Å². The van der Waals surface area contributed by atoms with Crippen molar-refractivity contribution in [3.63, 3.8) is 0 Å². The van der Waals surface area contributed by atoms with Crippen LogP contribution in [0.4, 0.5) is 0 Å². The first kappa shape index (κ1) is 34.7. The molecule has 0 saturated heterocycles. The molecule has 0 radical (unpaired) electrons.